The Balaban J connectivity index is 0.842. The third kappa shape index (κ3) is 8.88. The number of benzene rings is 1. The largest absolute Gasteiger partial charge is 0.497 e. The van der Waals surface area contributed by atoms with Crippen LogP contribution in [0.4, 0.5) is 0 Å². The van der Waals surface area contributed by atoms with Gasteiger partial charge in [-0.05, 0) is 92.3 Å². The van der Waals surface area contributed by atoms with E-state index in [1.54, 1.807) is 7.11 Å². The van der Waals surface area contributed by atoms with Gasteiger partial charge in [-0.3, -0.25) is 4.79 Å². The van der Waals surface area contributed by atoms with E-state index in [0.29, 0.717) is 44.9 Å². The predicted molar refractivity (Wildman–Crippen MR) is 264 cm³/mol. The number of hydrogen-bond acceptors (Lipinski definition) is 16. The van der Waals surface area contributed by atoms with Gasteiger partial charge in [0.25, 0.3) is 0 Å². The molecular formula is C56H78O16Si. The van der Waals surface area contributed by atoms with E-state index in [1.807, 2.05) is 24.3 Å². The third-order valence-corrected chi connectivity index (χ3v) is 23.6. The minimum atomic E-state index is -2.27. The molecule has 12 aliphatic rings. The summed E-state index contributed by atoms with van der Waals surface area (Å²) in [5.74, 6) is -2.35. The summed E-state index contributed by atoms with van der Waals surface area (Å²) in [5.41, 5.74) is 2.90. The second-order valence-corrected chi connectivity index (χ2v) is 29.5. The van der Waals surface area contributed by atoms with Crippen LogP contribution in [0.15, 0.2) is 48.6 Å². The molecule has 23 atom stereocenters. The van der Waals surface area contributed by atoms with E-state index in [4.69, 9.17) is 66.0 Å². The summed E-state index contributed by atoms with van der Waals surface area (Å²) in [5, 5.41) is -0.0491. The lowest BCUT2D eigenvalue weighted by Gasteiger charge is -2.53. The number of rotatable bonds is 6. The van der Waals surface area contributed by atoms with E-state index in [1.165, 1.54) is 0 Å². The van der Waals surface area contributed by atoms with Gasteiger partial charge in [0.15, 0.2) is 20.7 Å². The molecule has 0 N–H and O–H groups in total. The van der Waals surface area contributed by atoms with Crippen LogP contribution in [0.1, 0.15) is 124 Å². The molecule has 1 aromatic carbocycles. The van der Waals surface area contributed by atoms with E-state index in [0.717, 1.165) is 48.0 Å². The average molecular weight is 1040 g/mol. The first kappa shape index (κ1) is 51.2. The minimum absolute atomic E-state index is 0.00832. The van der Waals surface area contributed by atoms with Crippen molar-refractivity contribution in [2.45, 2.75) is 258 Å². The maximum Gasteiger partial charge on any atom is 0.308 e. The van der Waals surface area contributed by atoms with Crippen molar-refractivity contribution in [3.8, 4) is 5.75 Å². The second-order valence-electron chi connectivity index (χ2n) is 24.8. The zero-order valence-corrected chi connectivity index (χ0v) is 44.9. The van der Waals surface area contributed by atoms with Gasteiger partial charge < -0.3 is 70.8 Å². The number of aldehydes is 1. The van der Waals surface area contributed by atoms with Crippen molar-refractivity contribution in [2.24, 2.45) is 11.8 Å². The Bertz CT molecular complexity index is 2270. The van der Waals surface area contributed by atoms with Crippen LogP contribution < -0.4 is 4.74 Å². The van der Waals surface area contributed by atoms with Crippen molar-refractivity contribution >= 4 is 20.6 Å². The number of ether oxygens (including phenoxy) is 13. The summed E-state index contributed by atoms with van der Waals surface area (Å²) >= 11 is 0. The highest BCUT2D eigenvalue weighted by Gasteiger charge is 2.83. The third-order valence-electron chi connectivity index (χ3n) is 19.1. The molecule has 12 fully saturated rings. The molecule has 2 spiro atoms. The van der Waals surface area contributed by atoms with Crippen LogP contribution in [-0.4, -0.2) is 149 Å². The van der Waals surface area contributed by atoms with E-state index >= 15 is 0 Å². The summed E-state index contributed by atoms with van der Waals surface area (Å²) in [6.45, 7) is 24.5. The Hall–Kier alpha value is -2.62. The topological polar surface area (TPSA) is 163 Å². The first-order chi connectivity index (χ1) is 34.9. The highest BCUT2D eigenvalue weighted by Crippen LogP contribution is 2.64. The molecule has 13 rings (SSSR count). The van der Waals surface area contributed by atoms with E-state index in [2.05, 4.69) is 60.9 Å². The molecule has 0 saturated carbocycles. The summed E-state index contributed by atoms with van der Waals surface area (Å²) < 4.78 is 96.2. The average Bonchev–Trinajstić information content (AvgIpc) is 4.03. The molecule has 1 aromatic rings. The Morgan fingerprint density at radius 3 is 2.23 bits per heavy atom. The number of fused-ring (bicyclic) bond motifs is 7. The first-order valence-corrected chi connectivity index (χ1v) is 30.4. The molecule has 12 saturated heterocycles. The Labute approximate surface area is 431 Å². The highest BCUT2D eigenvalue weighted by molar-refractivity contribution is 6.74. The van der Waals surface area contributed by atoms with Gasteiger partial charge in [-0.1, -0.05) is 59.9 Å². The minimum Gasteiger partial charge on any atom is -0.497 e. The van der Waals surface area contributed by atoms with Gasteiger partial charge in [0.05, 0.1) is 80.7 Å². The van der Waals surface area contributed by atoms with E-state index in [9.17, 15) is 9.59 Å². The second kappa shape index (κ2) is 19.1. The lowest BCUT2D eigenvalue weighted by atomic mass is 9.79. The number of hydrogen-bond donors (Lipinski definition) is 0. The van der Waals surface area contributed by atoms with Gasteiger partial charge in [-0.15, -0.1) is 0 Å². The van der Waals surface area contributed by atoms with Gasteiger partial charge in [0.2, 0.25) is 11.6 Å². The molecule has 0 radical (unpaired) electrons. The smallest absolute Gasteiger partial charge is 0.308 e. The quantitative estimate of drug-likeness (QED) is 0.117. The van der Waals surface area contributed by atoms with E-state index in [-0.39, 0.29) is 72.4 Å². The fraction of sp³-hybridized carbons (Fsp3) is 0.786. The van der Waals surface area contributed by atoms with E-state index < -0.39 is 99.3 Å². The molecule has 16 nitrogen and oxygen atoms in total. The Kier molecular flexibility index (Phi) is 13.4. The summed E-state index contributed by atoms with van der Waals surface area (Å²) in [7, 11) is -0.629. The molecule has 12 heterocycles. The number of methoxy groups -OCH3 is 1. The zero-order valence-electron chi connectivity index (χ0n) is 43.9. The van der Waals surface area contributed by atoms with Crippen LogP contribution in [-0.2, 0) is 70.9 Å². The SMILES string of the molecule is C=C1C[C@@H]2CC[C@]34O[C@@H]5[C@@H]6O[C@H]7CCC(CC(=O)O[C@@H]8[C@@H](C)[C@@H]9O[C@H](CC=O)C(O[Si](C)(C)C(C)(C)C)C[C@@H]9O[C@H]8CC8OC(CCC1O2)C[C@@H](C)C8=C)OC7[C@H](O3)[C@@H]6O[C@@]51O[C@@H](c2ccc(OC)cc2)O[C@@H]41. The fourth-order valence-electron chi connectivity index (χ4n) is 14.1. The lowest BCUT2D eigenvalue weighted by Crippen LogP contribution is -2.63. The van der Waals surface area contributed by atoms with Crippen molar-refractivity contribution in [1.82, 2.24) is 0 Å². The molecule has 0 aromatic heterocycles. The van der Waals surface area contributed by atoms with Crippen LogP contribution >= 0.6 is 0 Å². The maximum atomic E-state index is 14.6. The predicted octanol–water partition coefficient (Wildman–Crippen LogP) is 7.88. The molecule has 402 valence electrons. The molecule has 73 heavy (non-hydrogen) atoms. The summed E-state index contributed by atoms with van der Waals surface area (Å²) in [6.07, 6.45) is -1.22. The summed E-state index contributed by atoms with van der Waals surface area (Å²) in [6, 6.07) is 7.65. The van der Waals surface area contributed by atoms with Gasteiger partial charge in [-0.25, -0.2) is 0 Å². The lowest BCUT2D eigenvalue weighted by molar-refractivity contribution is -0.329. The first-order valence-electron chi connectivity index (χ1n) is 27.5. The molecular weight excluding hydrogens is 957 g/mol. The van der Waals surface area contributed by atoms with Gasteiger partial charge in [0, 0.05) is 37.2 Å². The summed E-state index contributed by atoms with van der Waals surface area (Å²) in [4.78, 5) is 26.7. The number of esters is 1. The van der Waals surface area contributed by atoms with Gasteiger partial charge in [0.1, 0.15) is 48.7 Å². The maximum absolute atomic E-state index is 14.6. The van der Waals surface area contributed by atoms with Crippen molar-refractivity contribution < 1.29 is 75.6 Å². The van der Waals surface area contributed by atoms with Gasteiger partial charge in [-0.2, -0.15) is 0 Å². The van der Waals surface area contributed by atoms with Crippen LogP contribution in [0.25, 0.3) is 0 Å². The Morgan fingerprint density at radius 1 is 0.726 bits per heavy atom. The normalized spacial score (nSPS) is 48.5. The van der Waals surface area contributed by atoms with Crippen molar-refractivity contribution in [3.05, 3.63) is 54.1 Å². The van der Waals surface area contributed by atoms with Crippen molar-refractivity contribution in [2.75, 3.05) is 7.11 Å². The highest BCUT2D eigenvalue weighted by atomic mass is 28.4. The van der Waals surface area contributed by atoms with Gasteiger partial charge >= 0.3 is 5.97 Å². The molecule has 6 unspecified atom stereocenters. The number of carbonyl (C=O) groups is 2. The fourth-order valence-corrected chi connectivity index (χ4v) is 15.4. The van der Waals surface area contributed by atoms with Crippen LogP contribution in [0.5, 0.6) is 5.75 Å². The number of carbonyl (C=O) groups excluding carboxylic acids is 2. The van der Waals surface area contributed by atoms with Crippen LogP contribution in [0.2, 0.25) is 18.1 Å². The monoisotopic (exact) mass is 1030 g/mol. The van der Waals surface area contributed by atoms with Crippen LogP contribution in [0, 0.1) is 11.8 Å². The molecule has 12 bridgehead atoms. The Morgan fingerprint density at radius 2 is 1.47 bits per heavy atom. The molecule has 0 amide bonds. The molecule has 0 aliphatic carbocycles. The molecule has 17 heteroatoms. The van der Waals surface area contributed by atoms with Crippen molar-refractivity contribution in [1.29, 1.82) is 0 Å². The van der Waals surface area contributed by atoms with Crippen LogP contribution in [0.3, 0.4) is 0 Å². The zero-order chi connectivity index (χ0) is 50.9. The molecule has 12 aliphatic heterocycles. The van der Waals surface area contributed by atoms with Crippen molar-refractivity contribution in [3.63, 3.8) is 0 Å². The standard InChI is InChI=1S/C56H78O16Si/c1-28-23-34-15-17-37-29(2)24-36(60-37)19-21-55-53-56(71-52(67-53)32-11-13-33(59-8)14-12-32)51(70-55)50-49(69-56)48(68-55)47-39(65-50)18-16-35(62-47)25-44(58)66-46-31(4)45-43(63-42(46)26-40(61-34)30(28)3)27-41(38(64-45)20-22-57)72-73(9,10)54(5,6)7/h11-14,22,28,31,34-43,45-53H,2-3,15-21,23-27H2,1,4-10H3/t28-,31+,34?,35?,36+,37?,38-,39+,40?,41?,42+,43+,45+,46-,47?,48+,49+,50-,51-,52+,53+,55-,56-/m1/s1.